The zero-order valence-corrected chi connectivity index (χ0v) is 12.3. The average Bonchev–Trinajstić information content (AvgIpc) is 2.53. The third-order valence-corrected chi connectivity index (χ3v) is 4.15. The third kappa shape index (κ3) is 3.56. The number of esters is 1. The lowest BCUT2D eigenvalue weighted by Crippen LogP contribution is -2.58. The Morgan fingerprint density at radius 2 is 1.95 bits per heavy atom. The Hall–Kier alpha value is -1.12. The fraction of sp³-hybridized carbons (Fsp3) is 0.500. The maximum atomic E-state index is 12.0. The van der Waals surface area contributed by atoms with E-state index in [9.17, 15) is 15.0 Å². The van der Waals surface area contributed by atoms with Crippen molar-refractivity contribution in [3.05, 3.63) is 35.9 Å². The number of thioether (sulfide) groups is 1. The molecule has 0 radical (unpaired) electrons. The Morgan fingerprint density at radius 3 is 2.52 bits per heavy atom. The van der Waals surface area contributed by atoms with E-state index in [0.29, 0.717) is 5.56 Å². The van der Waals surface area contributed by atoms with Crippen LogP contribution in [-0.4, -0.2) is 64.0 Å². The molecule has 0 aromatic heterocycles. The van der Waals surface area contributed by atoms with Gasteiger partial charge < -0.3 is 24.8 Å². The summed E-state index contributed by atoms with van der Waals surface area (Å²) >= 11 is 1.23. The van der Waals surface area contributed by atoms with Gasteiger partial charge in [-0.1, -0.05) is 18.2 Å². The Balaban J connectivity index is 2.11. The van der Waals surface area contributed by atoms with Crippen LogP contribution in [-0.2, 0) is 9.47 Å². The number of rotatable bonds is 4. The number of carbonyl (C=O) groups is 1. The zero-order valence-electron chi connectivity index (χ0n) is 11.5. The molecule has 0 aliphatic carbocycles. The minimum absolute atomic E-state index is 0.350. The lowest BCUT2D eigenvalue weighted by atomic mass is 10.00. The summed E-state index contributed by atoms with van der Waals surface area (Å²) < 4.78 is 10.7. The SMILES string of the molecule is CS[C@@H]1OC(CO)[C@H](O)C(O)C1OC(=O)c1ccccc1. The van der Waals surface area contributed by atoms with Crippen LogP contribution in [0.2, 0.25) is 0 Å². The van der Waals surface area contributed by atoms with E-state index in [0.717, 1.165) is 0 Å². The van der Waals surface area contributed by atoms with Crippen LogP contribution in [0.5, 0.6) is 0 Å². The van der Waals surface area contributed by atoms with Crippen LogP contribution < -0.4 is 0 Å². The smallest absolute Gasteiger partial charge is 0.338 e. The molecule has 2 rings (SSSR count). The first kappa shape index (κ1) is 16.3. The second-order valence-electron chi connectivity index (χ2n) is 4.68. The van der Waals surface area contributed by atoms with Crippen LogP contribution in [0.4, 0.5) is 0 Å². The number of carbonyl (C=O) groups excluding carboxylic acids is 1. The van der Waals surface area contributed by atoms with Crippen LogP contribution in [0.15, 0.2) is 30.3 Å². The van der Waals surface area contributed by atoms with Crippen molar-refractivity contribution in [1.29, 1.82) is 0 Å². The predicted octanol–water partition coefficient (Wildman–Crippen LogP) is 0.0140. The van der Waals surface area contributed by atoms with Crippen molar-refractivity contribution >= 4 is 17.7 Å². The Bertz CT molecular complexity index is 466. The van der Waals surface area contributed by atoms with Crippen molar-refractivity contribution in [2.24, 2.45) is 0 Å². The molecule has 116 valence electrons. The fourth-order valence-corrected chi connectivity index (χ4v) is 2.88. The van der Waals surface area contributed by atoms with Gasteiger partial charge in [0.1, 0.15) is 23.7 Å². The van der Waals surface area contributed by atoms with E-state index in [-0.39, 0.29) is 0 Å². The van der Waals surface area contributed by atoms with Crippen molar-refractivity contribution in [3.63, 3.8) is 0 Å². The molecule has 0 saturated carbocycles. The van der Waals surface area contributed by atoms with Gasteiger partial charge in [-0.3, -0.25) is 0 Å². The van der Waals surface area contributed by atoms with Crippen molar-refractivity contribution < 1.29 is 29.6 Å². The molecule has 3 N–H and O–H groups in total. The highest BCUT2D eigenvalue weighted by molar-refractivity contribution is 7.99. The second-order valence-corrected chi connectivity index (χ2v) is 5.61. The van der Waals surface area contributed by atoms with E-state index in [1.807, 2.05) is 0 Å². The van der Waals surface area contributed by atoms with Crippen LogP contribution >= 0.6 is 11.8 Å². The topological polar surface area (TPSA) is 96.2 Å². The molecule has 7 heteroatoms. The molecule has 1 aliphatic rings. The highest BCUT2D eigenvalue weighted by Crippen LogP contribution is 2.29. The lowest BCUT2D eigenvalue weighted by molar-refractivity contribution is -0.206. The Kier molecular flexibility index (Phi) is 5.60. The fourth-order valence-electron chi connectivity index (χ4n) is 2.14. The monoisotopic (exact) mass is 314 g/mol. The molecular weight excluding hydrogens is 296 g/mol. The van der Waals surface area contributed by atoms with E-state index in [2.05, 4.69) is 0 Å². The van der Waals surface area contributed by atoms with Gasteiger partial charge in [-0.2, -0.15) is 0 Å². The van der Waals surface area contributed by atoms with Crippen LogP contribution in [0.3, 0.4) is 0 Å². The molecule has 6 nitrogen and oxygen atoms in total. The quantitative estimate of drug-likeness (QED) is 0.674. The van der Waals surface area contributed by atoms with Gasteiger partial charge in [0.2, 0.25) is 0 Å². The maximum Gasteiger partial charge on any atom is 0.338 e. The minimum atomic E-state index is -1.32. The summed E-state index contributed by atoms with van der Waals surface area (Å²) in [5, 5.41) is 29.1. The first-order valence-electron chi connectivity index (χ1n) is 6.49. The standard InChI is InChI=1S/C14H18O6S/c1-21-14-12(11(17)10(16)9(7-15)19-14)20-13(18)8-5-3-2-4-6-8/h2-6,9-12,14-17H,7H2,1H3/t9?,10-,11?,12?,14-/m0/s1. The van der Waals surface area contributed by atoms with Crippen molar-refractivity contribution in [1.82, 2.24) is 0 Å². The van der Waals surface area contributed by atoms with E-state index in [1.54, 1.807) is 36.6 Å². The highest BCUT2D eigenvalue weighted by Gasteiger charge is 2.46. The normalized spacial score (nSPS) is 32.7. The first-order chi connectivity index (χ1) is 10.1. The Labute approximate surface area is 126 Å². The number of hydrogen-bond donors (Lipinski definition) is 3. The van der Waals surface area contributed by atoms with Gasteiger partial charge in [0.25, 0.3) is 0 Å². The first-order valence-corrected chi connectivity index (χ1v) is 7.78. The number of aliphatic hydroxyl groups is 3. The van der Waals surface area contributed by atoms with Gasteiger partial charge in [0, 0.05) is 0 Å². The number of hydrogen-bond acceptors (Lipinski definition) is 7. The van der Waals surface area contributed by atoms with Crippen molar-refractivity contribution in [3.8, 4) is 0 Å². The molecule has 21 heavy (non-hydrogen) atoms. The van der Waals surface area contributed by atoms with Gasteiger partial charge >= 0.3 is 5.97 Å². The van der Waals surface area contributed by atoms with E-state index < -0.39 is 42.4 Å². The highest BCUT2D eigenvalue weighted by atomic mass is 32.2. The van der Waals surface area contributed by atoms with Gasteiger partial charge in [-0.15, -0.1) is 11.8 Å². The lowest BCUT2D eigenvalue weighted by Gasteiger charge is -2.41. The molecule has 1 heterocycles. The molecule has 1 saturated heterocycles. The largest absolute Gasteiger partial charge is 0.452 e. The van der Waals surface area contributed by atoms with E-state index in [4.69, 9.17) is 14.6 Å². The van der Waals surface area contributed by atoms with E-state index in [1.165, 1.54) is 11.8 Å². The summed E-state index contributed by atoms with van der Waals surface area (Å²) in [7, 11) is 0. The van der Waals surface area contributed by atoms with Crippen LogP contribution in [0.1, 0.15) is 10.4 Å². The molecule has 0 bridgehead atoms. The summed E-state index contributed by atoms with van der Waals surface area (Å²) in [6.45, 7) is -0.422. The molecule has 3 unspecified atom stereocenters. The molecular formula is C14H18O6S. The van der Waals surface area contributed by atoms with Crippen LogP contribution in [0.25, 0.3) is 0 Å². The van der Waals surface area contributed by atoms with Gasteiger partial charge in [-0.25, -0.2) is 4.79 Å². The molecule has 1 aliphatic heterocycles. The predicted molar refractivity (Wildman–Crippen MR) is 76.9 cm³/mol. The Morgan fingerprint density at radius 1 is 1.29 bits per heavy atom. The summed E-state index contributed by atoms with van der Waals surface area (Å²) in [6.07, 6.45) is -2.81. The molecule has 1 aromatic carbocycles. The molecule has 0 amide bonds. The summed E-state index contributed by atoms with van der Waals surface area (Å²) in [4.78, 5) is 12.0. The van der Waals surface area contributed by atoms with Crippen LogP contribution in [0, 0.1) is 0 Å². The second kappa shape index (κ2) is 7.24. The van der Waals surface area contributed by atoms with Gasteiger partial charge in [0.15, 0.2) is 6.10 Å². The molecule has 1 aromatic rings. The third-order valence-electron chi connectivity index (χ3n) is 3.31. The van der Waals surface area contributed by atoms with Gasteiger partial charge in [-0.05, 0) is 18.4 Å². The zero-order chi connectivity index (χ0) is 15.4. The van der Waals surface area contributed by atoms with Crippen molar-refractivity contribution in [2.75, 3.05) is 12.9 Å². The molecule has 5 atom stereocenters. The number of aliphatic hydroxyl groups excluding tert-OH is 3. The van der Waals surface area contributed by atoms with Gasteiger partial charge in [0.05, 0.1) is 12.2 Å². The number of ether oxygens (including phenoxy) is 2. The van der Waals surface area contributed by atoms with Crippen molar-refractivity contribution in [2.45, 2.75) is 29.9 Å². The molecule has 0 spiro atoms. The van der Waals surface area contributed by atoms with E-state index >= 15 is 0 Å². The minimum Gasteiger partial charge on any atom is -0.452 e. The molecule has 1 fully saturated rings. The maximum absolute atomic E-state index is 12.0. The number of benzene rings is 1. The summed E-state index contributed by atoms with van der Waals surface area (Å²) in [5.41, 5.74) is -0.309. The summed E-state index contributed by atoms with van der Waals surface area (Å²) in [6, 6.07) is 8.37. The average molecular weight is 314 g/mol. The summed E-state index contributed by atoms with van der Waals surface area (Å²) in [5.74, 6) is -0.600.